The molecule has 8 nitrogen and oxygen atoms in total. The number of aliphatic hydroxyl groups is 1. The van der Waals surface area contributed by atoms with Crippen molar-refractivity contribution in [3.63, 3.8) is 0 Å². The first kappa shape index (κ1) is 29.2. The number of ether oxygens (including phenoxy) is 3. The Balaban J connectivity index is 1.38. The molecule has 2 amide bonds. The summed E-state index contributed by atoms with van der Waals surface area (Å²) in [5, 5.41) is 15.2. The van der Waals surface area contributed by atoms with Crippen molar-refractivity contribution in [2.24, 2.45) is 5.92 Å². The van der Waals surface area contributed by atoms with Crippen LogP contribution in [0.2, 0.25) is 0 Å². The number of nitrogens with zero attached hydrogens (tertiary/aromatic N) is 1. The lowest BCUT2D eigenvalue weighted by Crippen LogP contribution is -2.47. The molecule has 2 aliphatic heterocycles. The number of urea groups is 1. The lowest BCUT2D eigenvalue weighted by atomic mass is 9.89. The lowest BCUT2D eigenvalue weighted by Gasteiger charge is -2.43. The number of benzene rings is 3. The van der Waals surface area contributed by atoms with Gasteiger partial charge in [-0.15, -0.1) is 0 Å². The van der Waals surface area contributed by atoms with Gasteiger partial charge in [0.05, 0.1) is 32.0 Å². The molecule has 4 atom stereocenters. The van der Waals surface area contributed by atoms with E-state index in [4.69, 9.17) is 14.2 Å². The van der Waals surface area contributed by atoms with Gasteiger partial charge >= 0.3 is 6.03 Å². The molecule has 8 heteroatoms. The third-order valence-corrected chi connectivity index (χ3v) is 7.87. The van der Waals surface area contributed by atoms with Gasteiger partial charge in [-0.1, -0.05) is 67.6 Å². The van der Waals surface area contributed by atoms with Crippen LogP contribution in [0.3, 0.4) is 0 Å². The minimum atomic E-state index is -0.526. The van der Waals surface area contributed by atoms with Crippen LogP contribution in [-0.2, 0) is 27.4 Å². The molecule has 0 unspecified atom stereocenters. The molecule has 2 aliphatic rings. The predicted molar refractivity (Wildman–Crippen MR) is 158 cm³/mol. The van der Waals surface area contributed by atoms with Gasteiger partial charge in [0, 0.05) is 44.2 Å². The van der Waals surface area contributed by atoms with Crippen LogP contribution < -0.4 is 10.6 Å². The highest BCUT2D eigenvalue weighted by molar-refractivity contribution is 5.74. The minimum Gasteiger partial charge on any atom is -0.392 e. The molecule has 5 rings (SSSR count). The van der Waals surface area contributed by atoms with E-state index < -0.39 is 6.29 Å². The predicted octanol–water partition coefficient (Wildman–Crippen LogP) is 4.79. The number of carbonyl (C=O) groups excluding carboxylic acids is 1. The van der Waals surface area contributed by atoms with Crippen molar-refractivity contribution in [1.82, 2.24) is 15.5 Å². The standard InChI is InChI=1S/C33H41N3O5/c1-3-34-33(38)35-20-25-6-4-7-27(18-25)28-8-5-9-29(19-28)32-40-30(21-36-14-16-39-17-15-36)23(2)31(41-32)26-12-10-24(22-37)11-13-26/h4-13,18-19,23,30-32,37H,3,14-17,20-22H2,1-2H3,(H2,34,35,38)/t23-,30+,31+,32+/m0/s1. The highest BCUT2D eigenvalue weighted by atomic mass is 16.7. The Morgan fingerprint density at radius 1 is 0.902 bits per heavy atom. The van der Waals surface area contributed by atoms with E-state index in [2.05, 4.69) is 64.9 Å². The van der Waals surface area contributed by atoms with Crippen LogP contribution in [0.1, 0.15) is 48.5 Å². The molecule has 0 saturated carbocycles. The average Bonchev–Trinajstić information content (AvgIpc) is 3.02. The number of hydrogen-bond donors (Lipinski definition) is 3. The zero-order valence-electron chi connectivity index (χ0n) is 23.9. The Morgan fingerprint density at radius 3 is 2.37 bits per heavy atom. The molecule has 3 N–H and O–H groups in total. The fourth-order valence-electron chi connectivity index (χ4n) is 5.50. The average molecular weight is 560 g/mol. The zero-order valence-corrected chi connectivity index (χ0v) is 23.9. The molecule has 2 heterocycles. The zero-order chi connectivity index (χ0) is 28.6. The van der Waals surface area contributed by atoms with E-state index in [0.717, 1.165) is 66.2 Å². The van der Waals surface area contributed by atoms with Gasteiger partial charge in [-0.2, -0.15) is 0 Å². The van der Waals surface area contributed by atoms with E-state index in [0.29, 0.717) is 13.1 Å². The topological polar surface area (TPSA) is 92.3 Å². The summed E-state index contributed by atoms with van der Waals surface area (Å²) in [6, 6.07) is 24.4. The third-order valence-electron chi connectivity index (χ3n) is 7.87. The highest BCUT2D eigenvalue weighted by Crippen LogP contribution is 2.42. The molecule has 41 heavy (non-hydrogen) atoms. The SMILES string of the molecule is CCNC(=O)NCc1cccc(-c2cccc([C@@H]3O[C@H](CN4CCOCC4)[C@H](C)[C@H](c4ccc(CO)cc4)O3)c2)c1. The summed E-state index contributed by atoms with van der Waals surface area (Å²) >= 11 is 0. The molecule has 2 fully saturated rings. The molecule has 0 spiro atoms. The maximum atomic E-state index is 11.9. The second-order valence-corrected chi connectivity index (χ2v) is 10.8. The number of nitrogens with one attached hydrogen (secondary N) is 2. The first-order valence-electron chi connectivity index (χ1n) is 14.6. The third kappa shape index (κ3) is 7.52. The van der Waals surface area contributed by atoms with Crippen LogP contribution in [-0.4, -0.2) is 61.5 Å². The lowest BCUT2D eigenvalue weighted by molar-refractivity contribution is -0.277. The van der Waals surface area contributed by atoms with Crippen molar-refractivity contribution >= 4 is 6.03 Å². The number of aliphatic hydroxyl groups excluding tert-OH is 1. The molecule has 218 valence electrons. The largest absolute Gasteiger partial charge is 0.392 e. The first-order valence-corrected chi connectivity index (χ1v) is 14.6. The summed E-state index contributed by atoms with van der Waals surface area (Å²) in [4.78, 5) is 14.3. The summed E-state index contributed by atoms with van der Waals surface area (Å²) in [6.07, 6.45) is -0.705. The second kappa shape index (κ2) is 14.1. The molecular formula is C33H41N3O5. The Hall–Kier alpha value is -3.27. The van der Waals surface area contributed by atoms with Crippen LogP contribution in [0.4, 0.5) is 4.79 Å². The Bertz CT molecular complexity index is 1280. The summed E-state index contributed by atoms with van der Waals surface area (Å²) in [5.74, 6) is 0.131. The maximum Gasteiger partial charge on any atom is 0.315 e. The van der Waals surface area contributed by atoms with Crippen LogP contribution in [0.15, 0.2) is 72.8 Å². The van der Waals surface area contributed by atoms with Crippen molar-refractivity contribution in [3.8, 4) is 11.1 Å². The van der Waals surface area contributed by atoms with E-state index in [-0.39, 0.29) is 30.8 Å². The van der Waals surface area contributed by atoms with Gasteiger partial charge in [-0.3, -0.25) is 4.90 Å². The quantitative estimate of drug-likeness (QED) is 0.349. The monoisotopic (exact) mass is 559 g/mol. The van der Waals surface area contributed by atoms with E-state index in [1.165, 1.54) is 0 Å². The molecule has 3 aromatic rings. The van der Waals surface area contributed by atoms with Crippen LogP contribution in [0, 0.1) is 5.92 Å². The van der Waals surface area contributed by atoms with Crippen molar-refractivity contribution in [3.05, 3.63) is 95.1 Å². The fourth-order valence-corrected chi connectivity index (χ4v) is 5.50. The molecular weight excluding hydrogens is 518 g/mol. The van der Waals surface area contributed by atoms with Crippen molar-refractivity contribution in [2.45, 2.75) is 45.5 Å². The van der Waals surface area contributed by atoms with E-state index in [1.807, 2.05) is 37.3 Å². The van der Waals surface area contributed by atoms with E-state index >= 15 is 0 Å². The summed E-state index contributed by atoms with van der Waals surface area (Å²) in [7, 11) is 0. The molecule has 0 aromatic heterocycles. The van der Waals surface area contributed by atoms with E-state index in [9.17, 15) is 9.90 Å². The van der Waals surface area contributed by atoms with Gasteiger partial charge in [0.2, 0.25) is 0 Å². The van der Waals surface area contributed by atoms with Crippen molar-refractivity contribution in [1.29, 1.82) is 0 Å². The number of carbonyl (C=O) groups is 1. The van der Waals surface area contributed by atoms with E-state index in [1.54, 1.807) is 0 Å². The number of hydrogen-bond acceptors (Lipinski definition) is 6. The molecule has 0 radical (unpaired) electrons. The van der Waals surface area contributed by atoms with Gasteiger partial charge in [-0.05, 0) is 46.9 Å². The maximum absolute atomic E-state index is 11.9. The summed E-state index contributed by atoms with van der Waals surface area (Å²) < 4.78 is 18.9. The first-order chi connectivity index (χ1) is 20.0. The van der Waals surface area contributed by atoms with Crippen molar-refractivity contribution in [2.75, 3.05) is 39.4 Å². The molecule has 2 saturated heterocycles. The normalized spacial score (nSPS) is 23.2. The summed E-state index contributed by atoms with van der Waals surface area (Å²) in [6.45, 7) is 9.25. The van der Waals surface area contributed by atoms with Gasteiger partial charge in [0.15, 0.2) is 6.29 Å². The van der Waals surface area contributed by atoms with Crippen LogP contribution in [0.5, 0.6) is 0 Å². The van der Waals surface area contributed by atoms with Crippen LogP contribution >= 0.6 is 0 Å². The minimum absolute atomic E-state index is 0.0166. The smallest absolute Gasteiger partial charge is 0.315 e. The van der Waals surface area contributed by atoms with Gasteiger partial charge in [0.1, 0.15) is 0 Å². The molecule has 3 aromatic carbocycles. The Labute approximate surface area is 242 Å². The second-order valence-electron chi connectivity index (χ2n) is 10.8. The molecule has 0 bridgehead atoms. The highest BCUT2D eigenvalue weighted by Gasteiger charge is 2.39. The molecule has 0 aliphatic carbocycles. The Morgan fingerprint density at radius 2 is 1.63 bits per heavy atom. The van der Waals surface area contributed by atoms with Gasteiger partial charge in [-0.25, -0.2) is 4.79 Å². The number of amides is 2. The van der Waals surface area contributed by atoms with Gasteiger partial charge in [0.25, 0.3) is 0 Å². The summed E-state index contributed by atoms with van der Waals surface area (Å²) in [5.41, 5.74) is 6.07. The van der Waals surface area contributed by atoms with Crippen molar-refractivity contribution < 1.29 is 24.1 Å². The van der Waals surface area contributed by atoms with Gasteiger partial charge < -0.3 is 30.0 Å². The number of morpholine rings is 1. The van der Waals surface area contributed by atoms with Crippen LogP contribution in [0.25, 0.3) is 11.1 Å². The Kier molecular flexibility index (Phi) is 10.0. The number of rotatable bonds is 9. The fraction of sp³-hybridized carbons (Fsp3) is 0.424.